The van der Waals surface area contributed by atoms with Gasteiger partial charge in [0, 0.05) is 29.3 Å². The van der Waals surface area contributed by atoms with Crippen molar-refractivity contribution in [1.29, 1.82) is 0 Å². The van der Waals surface area contributed by atoms with Gasteiger partial charge in [-0.15, -0.1) is 0 Å². The molecule has 0 fully saturated rings. The fraction of sp³-hybridized carbons (Fsp3) is 0.273. The number of carbonyl (C=O) groups excluding carboxylic acids is 1. The normalized spacial score (nSPS) is 10.9. The van der Waals surface area contributed by atoms with Gasteiger partial charge in [-0.1, -0.05) is 32.0 Å². The summed E-state index contributed by atoms with van der Waals surface area (Å²) in [6.07, 6.45) is 0. The Morgan fingerprint density at radius 3 is 2.56 bits per heavy atom. The lowest BCUT2D eigenvalue weighted by molar-refractivity contribution is 0.0952. The maximum atomic E-state index is 12.9. The van der Waals surface area contributed by atoms with Gasteiger partial charge < -0.3 is 14.8 Å². The number of pyridine rings is 1. The minimum absolute atomic E-state index is 0.131. The summed E-state index contributed by atoms with van der Waals surface area (Å²) in [6, 6.07) is 15.1. The van der Waals surface area contributed by atoms with Crippen LogP contribution in [0.2, 0.25) is 0 Å². The molecule has 3 rings (SSSR count). The van der Waals surface area contributed by atoms with Crippen molar-refractivity contribution in [2.75, 3.05) is 14.2 Å². The summed E-state index contributed by atoms with van der Waals surface area (Å²) >= 11 is 0. The molecule has 5 heteroatoms. The van der Waals surface area contributed by atoms with Gasteiger partial charge in [0.05, 0.1) is 25.3 Å². The molecule has 1 amide bonds. The summed E-state index contributed by atoms with van der Waals surface area (Å²) < 4.78 is 10.6. The highest BCUT2D eigenvalue weighted by Crippen LogP contribution is 2.25. The molecule has 1 aromatic heterocycles. The number of methoxy groups -OCH3 is 2. The van der Waals surface area contributed by atoms with Crippen LogP contribution in [0.1, 0.15) is 41.4 Å². The molecule has 0 atom stereocenters. The summed E-state index contributed by atoms with van der Waals surface area (Å²) in [6.45, 7) is 4.50. The van der Waals surface area contributed by atoms with E-state index in [-0.39, 0.29) is 11.8 Å². The molecule has 27 heavy (non-hydrogen) atoms. The predicted octanol–water partition coefficient (Wildman–Crippen LogP) is 4.31. The van der Waals surface area contributed by atoms with E-state index in [2.05, 4.69) is 24.1 Å². The lowest BCUT2D eigenvalue weighted by atomic mass is 10.0. The van der Waals surface area contributed by atoms with Gasteiger partial charge in [0.2, 0.25) is 0 Å². The zero-order valence-corrected chi connectivity index (χ0v) is 16.1. The first kappa shape index (κ1) is 18.7. The molecule has 1 N–H and O–H groups in total. The van der Waals surface area contributed by atoms with Crippen molar-refractivity contribution in [1.82, 2.24) is 10.3 Å². The van der Waals surface area contributed by atoms with Crippen LogP contribution in [0.3, 0.4) is 0 Å². The molecule has 3 aromatic rings. The zero-order chi connectivity index (χ0) is 19.4. The van der Waals surface area contributed by atoms with Gasteiger partial charge in [0.25, 0.3) is 5.91 Å². The van der Waals surface area contributed by atoms with Crippen LogP contribution in [-0.4, -0.2) is 25.1 Å². The van der Waals surface area contributed by atoms with Crippen molar-refractivity contribution in [3.8, 4) is 11.5 Å². The van der Waals surface area contributed by atoms with Gasteiger partial charge in [0.15, 0.2) is 0 Å². The highest BCUT2D eigenvalue weighted by molar-refractivity contribution is 6.06. The summed E-state index contributed by atoms with van der Waals surface area (Å²) in [7, 11) is 3.21. The third kappa shape index (κ3) is 4.03. The van der Waals surface area contributed by atoms with E-state index >= 15 is 0 Å². The molecule has 2 aromatic carbocycles. The second kappa shape index (κ2) is 8.08. The van der Waals surface area contributed by atoms with E-state index in [1.165, 1.54) is 0 Å². The van der Waals surface area contributed by atoms with E-state index in [1.54, 1.807) is 20.3 Å². The van der Waals surface area contributed by atoms with Crippen LogP contribution >= 0.6 is 0 Å². The largest absolute Gasteiger partial charge is 0.497 e. The maximum absolute atomic E-state index is 12.9. The number of hydrogen-bond donors (Lipinski definition) is 1. The third-order valence-electron chi connectivity index (χ3n) is 4.51. The molecular weight excluding hydrogens is 340 g/mol. The Morgan fingerprint density at radius 1 is 1.07 bits per heavy atom. The smallest absolute Gasteiger partial charge is 0.252 e. The Kier molecular flexibility index (Phi) is 5.60. The lowest BCUT2D eigenvalue weighted by Crippen LogP contribution is -2.23. The van der Waals surface area contributed by atoms with E-state index in [0.717, 1.165) is 22.2 Å². The molecule has 0 saturated heterocycles. The standard InChI is InChI=1S/C22H24N2O3/c1-14(2)20-12-18(17-7-5-6-8-19(17)24-20)22(25)23-13-15-9-10-16(26-3)11-21(15)27-4/h5-12,14H,13H2,1-4H3,(H,23,25). The first-order valence-electron chi connectivity index (χ1n) is 8.92. The number of para-hydroxylation sites is 1. The number of aromatic nitrogens is 1. The Morgan fingerprint density at radius 2 is 1.85 bits per heavy atom. The lowest BCUT2D eigenvalue weighted by Gasteiger charge is -2.14. The van der Waals surface area contributed by atoms with Gasteiger partial charge in [0.1, 0.15) is 11.5 Å². The van der Waals surface area contributed by atoms with Crippen LogP contribution in [0.4, 0.5) is 0 Å². The van der Waals surface area contributed by atoms with Crippen LogP contribution in [0.5, 0.6) is 11.5 Å². The summed E-state index contributed by atoms with van der Waals surface area (Å²) in [5.41, 5.74) is 3.25. The van der Waals surface area contributed by atoms with E-state index in [4.69, 9.17) is 9.47 Å². The first-order chi connectivity index (χ1) is 13.0. The summed E-state index contributed by atoms with van der Waals surface area (Å²) in [5, 5.41) is 3.85. The van der Waals surface area contributed by atoms with Gasteiger partial charge in [-0.25, -0.2) is 0 Å². The number of carbonyl (C=O) groups is 1. The molecule has 0 saturated carbocycles. The minimum Gasteiger partial charge on any atom is -0.497 e. The highest BCUT2D eigenvalue weighted by atomic mass is 16.5. The van der Waals surface area contributed by atoms with Crippen molar-refractivity contribution < 1.29 is 14.3 Å². The zero-order valence-electron chi connectivity index (χ0n) is 16.1. The number of amides is 1. The van der Waals surface area contributed by atoms with Gasteiger partial charge >= 0.3 is 0 Å². The molecule has 0 aliphatic heterocycles. The predicted molar refractivity (Wildman–Crippen MR) is 107 cm³/mol. The van der Waals surface area contributed by atoms with Crippen LogP contribution < -0.4 is 14.8 Å². The highest BCUT2D eigenvalue weighted by Gasteiger charge is 2.15. The second-order valence-electron chi connectivity index (χ2n) is 6.63. The monoisotopic (exact) mass is 364 g/mol. The molecular formula is C22H24N2O3. The Labute approximate surface area is 159 Å². The fourth-order valence-electron chi connectivity index (χ4n) is 2.95. The number of fused-ring (bicyclic) bond motifs is 1. The average molecular weight is 364 g/mol. The number of benzene rings is 2. The van der Waals surface area contributed by atoms with Crippen LogP contribution in [-0.2, 0) is 6.54 Å². The summed E-state index contributed by atoms with van der Waals surface area (Å²) in [5.74, 6) is 1.50. The van der Waals surface area contributed by atoms with Crippen molar-refractivity contribution in [3.63, 3.8) is 0 Å². The number of nitrogens with one attached hydrogen (secondary N) is 1. The van der Waals surface area contributed by atoms with Crippen LogP contribution in [0, 0.1) is 0 Å². The second-order valence-corrected chi connectivity index (χ2v) is 6.63. The van der Waals surface area contributed by atoms with Crippen LogP contribution in [0.15, 0.2) is 48.5 Å². The third-order valence-corrected chi connectivity index (χ3v) is 4.51. The Bertz CT molecular complexity index is 967. The Balaban J connectivity index is 1.89. The molecule has 0 spiro atoms. The maximum Gasteiger partial charge on any atom is 0.252 e. The van der Waals surface area contributed by atoms with Crippen molar-refractivity contribution in [2.24, 2.45) is 0 Å². The Hall–Kier alpha value is -3.08. The molecule has 0 radical (unpaired) electrons. The van der Waals surface area contributed by atoms with E-state index in [0.29, 0.717) is 23.6 Å². The van der Waals surface area contributed by atoms with Gasteiger partial charge in [-0.05, 0) is 30.2 Å². The minimum atomic E-state index is -0.131. The number of hydrogen-bond acceptors (Lipinski definition) is 4. The molecule has 1 heterocycles. The molecule has 0 aliphatic carbocycles. The van der Waals surface area contributed by atoms with E-state index in [1.807, 2.05) is 42.5 Å². The number of rotatable bonds is 6. The molecule has 0 unspecified atom stereocenters. The molecule has 140 valence electrons. The molecule has 5 nitrogen and oxygen atoms in total. The molecule has 0 bridgehead atoms. The topological polar surface area (TPSA) is 60.5 Å². The van der Waals surface area contributed by atoms with Crippen molar-refractivity contribution in [3.05, 3.63) is 65.4 Å². The van der Waals surface area contributed by atoms with E-state index in [9.17, 15) is 4.79 Å². The SMILES string of the molecule is COc1ccc(CNC(=O)c2cc(C(C)C)nc3ccccc23)c(OC)c1. The van der Waals surface area contributed by atoms with Crippen LogP contribution in [0.25, 0.3) is 10.9 Å². The van der Waals surface area contributed by atoms with Gasteiger partial charge in [-0.3, -0.25) is 9.78 Å². The molecule has 0 aliphatic rings. The first-order valence-corrected chi connectivity index (χ1v) is 8.92. The summed E-state index contributed by atoms with van der Waals surface area (Å²) in [4.78, 5) is 17.6. The van der Waals surface area contributed by atoms with Crippen molar-refractivity contribution in [2.45, 2.75) is 26.3 Å². The fourth-order valence-corrected chi connectivity index (χ4v) is 2.95. The van der Waals surface area contributed by atoms with Crippen molar-refractivity contribution >= 4 is 16.8 Å². The quantitative estimate of drug-likeness (QED) is 0.708. The number of ether oxygens (including phenoxy) is 2. The number of nitrogens with zero attached hydrogens (tertiary/aromatic N) is 1. The average Bonchev–Trinajstić information content (AvgIpc) is 2.70. The van der Waals surface area contributed by atoms with Gasteiger partial charge in [-0.2, -0.15) is 0 Å². The van der Waals surface area contributed by atoms with E-state index < -0.39 is 0 Å².